The average Bonchev–Trinajstić information content (AvgIpc) is 3.03. The smallest absolute Gasteiger partial charge is 0.123 e. The molecular weight excluding hydrogens is 401 g/mol. The van der Waals surface area contributed by atoms with E-state index in [1.54, 1.807) is 26.1 Å². The Labute approximate surface area is 180 Å². The third-order valence-electron chi connectivity index (χ3n) is 4.93. The summed E-state index contributed by atoms with van der Waals surface area (Å²) in [6, 6.07) is 6.16. The summed E-state index contributed by atoms with van der Waals surface area (Å²) in [5, 5.41) is 18.6. The van der Waals surface area contributed by atoms with Gasteiger partial charge in [-0.2, -0.15) is 0 Å². The lowest BCUT2D eigenvalue weighted by Crippen LogP contribution is -2.02. The Morgan fingerprint density at radius 1 is 1.33 bits per heavy atom. The number of pyridine rings is 1. The highest BCUT2D eigenvalue weighted by molar-refractivity contribution is 6.31. The number of halogens is 2. The maximum absolute atomic E-state index is 13.8. The maximum Gasteiger partial charge on any atom is 0.123 e. The molecule has 0 unspecified atom stereocenters. The summed E-state index contributed by atoms with van der Waals surface area (Å²) in [4.78, 5) is 4.63. The van der Waals surface area contributed by atoms with Crippen molar-refractivity contribution in [3.05, 3.63) is 88.7 Å². The summed E-state index contributed by atoms with van der Waals surface area (Å²) in [7, 11) is 0. The largest absolute Gasteiger partial charge is 0.512 e. The molecule has 154 valence electrons. The van der Waals surface area contributed by atoms with Crippen molar-refractivity contribution < 1.29 is 9.50 Å². The van der Waals surface area contributed by atoms with Crippen molar-refractivity contribution in [1.29, 1.82) is 5.41 Å². The Balaban J connectivity index is 2.27. The Hall–Kier alpha value is -3.18. The van der Waals surface area contributed by atoms with Crippen LogP contribution in [0.3, 0.4) is 0 Å². The van der Waals surface area contributed by atoms with E-state index in [4.69, 9.17) is 17.0 Å². The second kappa shape index (κ2) is 8.67. The molecule has 2 aromatic heterocycles. The molecule has 3 rings (SSSR count). The van der Waals surface area contributed by atoms with Crippen LogP contribution in [0.15, 0.2) is 61.1 Å². The zero-order chi connectivity index (χ0) is 22.0. The van der Waals surface area contributed by atoms with Gasteiger partial charge in [-0.15, -0.1) is 0 Å². The number of benzene rings is 1. The lowest BCUT2D eigenvalue weighted by atomic mass is 10.0. The van der Waals surface area contributed by atoms with E-state index in [0.717, 1.165) is 22.2 Å². The van der Waals surface area contributed by atoms with E-state index in [9.17, 15) is 9.50 Å². The van der Waals surface area contributed by atoms with Crippen molar-refractivity contribution in [1.82, 2.24) is 9.55 Å². The van der Waals surface area contributed by atoms with Gasteiger partial charge in [0.05, 0.1) is 16.8 Å². The standard InChI is InChI=1S/C24H23ClFN3O/c1-5-16(6-2)20-13-29(12-18-9-19(26)7-8-21(18)25)22-10-17(11-28-24(20)22)23(14(3)27)15(4)30/h5-11,13,27,30H,1,12H2,2-4H3/b16-6+,23-15+,27-14?. The van der Waals surface area contributed by atoms with Crippen LogP contribution in [0.2, 0.25) is 5.02 Å². The van der Waals surface area contributed by atoms with Gasteiger partial charge in [-0.25, -0.2) is 4.39 Å². The quantitative estimate of drug-likeness (QED) is 0.260. The Morgan fingerprint density at radius 3 is 2.67 bits per heavy atom. The highest BCUT2D eigenvalue weighted by Gasteiger charge is 2.17. The van der Waals surface area contributed by atoms with Gasteiger partial charge in [-0.05, 0) is 56.2 Å². The third-order valence-corrected chi connectivity index (χ3v) is 5.30. The summed E-state index contributed by atoms with van der Waals surface area (Å²) in [5.74, 6) is -0.305. The minimum absolute atomic E-state index is 0.0513. The van der Waals surface area contributed by atoms with E-state index < -0.39 is 0 Å². The molecular formula is C24H23ClFN3O. The van der Waals surface area contributed by atoms with Gasteiger partial charge in [0, 0.05) is 46.4 Å². The molecule has 1 aromatic carbocycles. The number of aliphatic hydroxyl groups is 1. The van der Waals surface area contributed by atoms with E-state index in [1.807, 2.05) is 29.8 Å². The Kier molecular flexibility index (Phi) is 6.22. The molecule has 0 aliphatic heterocycles. The van der Waals surface area contributed by atoms with E-state index in [2.05, 4.69) is 11.6 Å². The number of fused-ring (bicyclic) bond motifs is 1. The molecule has 0 saturated heterocycles. The molecule has 6 heteroatoms. The fraction of sp³-hybridized carbons (Fsp3) is 0.167. The average molecular weight is 424 g/mol. The topological polar surface area (TPSA) is 61.9 Å². The van der Waals surface area contributed by atoms with Gasteiger partial charge in [0.15, 0.2) is 0 Å². The normalized spacial score (nSPS) is 12.8. The minimum Gasteiger partial charge on any atom is -0.512 e. The van der Waals surface area contributed by atoms with Gasteiger partial charge >= 0.3 is 0 Å². The fourth-order valence-electron chi connectivity index (χ4n) is 3.57. The number of aromatic nitrogens is 2. The number of nitrogens with one attached hydrogen (secondary N) is 1. The van der Waals surface area contributed by atoms with Gasteiger partial charge in [-0.1, -0.05) is 30.3 Å². The molecule has 0 amide bonds. The van der Waals surface area contributed by atoms with Gasteiger partial charge in [-0.3, -0.25) is 4.98 Å². The van der Waals surface area contributed by atoms with Gasteiger partial charge in [0.25, 0.3) is 0 Å². The first kappa shape index (κ1) is 21.5. The molecule has 0 atom stereocenters. The first-order valence-corrected chi connectivity index (χ1v) is 9.82. The molecule has 30 heavy (non-hydrogen) atoms. The lowest BCUT2D eigenvalue weighted by Gasteiger charge is -2.10. The minimum atomic E-state index is -0.356. The summed E-state index contributed by atoms with van der Waals surface area (Å²) in [5.41, 5.74) is 5.28. The molecule has 2 N–H and O–H groups in total. The van der Waals surface area contributed by atoms with E-state index in [-0.39, 0.29) is 17.3 Å². The maximum atomic E-state index is 13.8. The predicted octanol–water partition coefficient (Wildman–Crippen LogP) is 6.80. The molecule has 3 aromatic rings. The first-order valence-electron chi connectivity index (χ1n) is 9.44. The van der Waals surface area contributed by atoms with Crippen LogP contribution in [0.4, 0.5) is 4.39 Å². The zero-order valence-electron chi connectivity index (χ0n) is 17.1. The first-order chi connectivity index (χ1) is 14.3. The van der Waals surface area contributed by atoms with E-state index in [1.165, 1.54) is 18.2 Å². The summed E-state index contributed by atoms with van der Waals surface area (Å²) in [6.07, 6.45) is 7.29. The molecule has 0 bridgehead atoms. The number of allylic oxidation sites excluding steroid dienone is 5. The van der Waals surface area contributed by atoms with Crippen LogP contribution in [-0.2, 0) is 6.54 Å². The number of nitrogens with zero attached hydrogens (tertiary/aromatic N) is 2. The van der Waals surface area contributed by atoms with Crippen LogP contribution in [-0.4, -0.2) is 20.4 Å². The zero-order valence-corrected chi connectivity index (χ0v) is 17.9. The van der Waals surface area contributed by atoms with Crippen LogP contribution in [0.25, 0.3) is 22.2 Å². The monoisotopic (exact) mass is 423 g/mol. The molecule has 2 heterocycles. The summed E-state index contributed by atoms with van der Waals surface area (Å²) < 4.78 is 15.7. The molecule has 0 fully saturated rings. The molecule has 0 spiro atoms. The number of aliphatic hydroxyl groups excluding tert-OH is 1. The van der Waals surface area contributed by atoms with Gasteiger partial charge < -0.3 is 15.1 Å². The van der Waals surface area contributed by atoms with Crippen LogP contribution in [0.1, 0.15) is 37.5 Å². The van der Waals surface area contributed by atoms with E-state index >= 15 is 0 Å². The van der Waals surface area contributed by atoms with Crippen molar-refractivity contribution in [3.8, 4) is 0 Å². The van der Waals surface area contributed by atoms with Crippen molar-refractivity contribution in [2.75, 3.05) is 0 Å². The molecule has 0 radical (unpaired) electrons. The Morgan fingerprint density at radius 2 is 2.07 bits per heavy atom. The molecule has 0 aliphatic carbocycles. The second-order valence-electron chi connectivity index (χ2n) is 7.03. The van der Waals surface area contributed by atoms with Crippen LogP contribution in [0.5, 0.6) is 0 Å². The van der Waals surface area contributed by atoms with Crippen molar-refractivity contribution in [2.45, 2.75) is 27.3 Å². The van der Waals surface area contributed by atoms with Crippen molar-refractivity contribution >= 4 is 39.5 Å². The lowest BCUT2D eigenvalue weighted by molar-refractivity contribution is 0.418. The Bertz CT molecular complexity index is 1220. The number of hydrogen-bond acceptors (Lipinski definition) is 3. The van der Waals surface area contributed by atoms with E-state index in [0.29, 0.717) is 28.3 Å². The number of rotatable bonds is 6. The van der Waals surface area contributed by atoms with Crippen LogP contribution >= 0.6 is 11.6 Å². The summed E-state index contributed by atoms with van der Waals surface area (Å²) in [6.45, 7) is 9.31. The third kappa shape index (κ3) is 4.07. The summed E-state index contributed by atoms with van der Waals surface area (Å²) >= 11 is 6.29. The second-order valence-corrected chi connectivity index (χ2v) is 7.44. The SMILES string of the molecule is C=C/C(=C\C)c1cn(Cc2cc(F)ccc2Cl)c2cc(/C(C(C)=N)=C(\C)O)cnc12. The van der Waals surface area contributed by atoms with Crippen molar-refractivity contribution in [3.63, 3.8) is 0 Å². The molecule has 0 saturated carbocycles. The van der Waals surface area contributed by atoms with Crippen LogP contribution in [0, 0.1) is 11.2 Å². The highest BCUT2D eigenvalue weighted by Crippen LogP contribution is 2.31. The number of hydrogen-bond donors (Lipinski definition) is 2. The predicted molar refractivity (Wildman–Crippen MR) is 123 cm³/mol. The molecule has 0 aliphatic rings. The highest BCUT2D eigenvalue weighted by atomic mass is 35.5. The fourth-order valence-corrected chi connectivity index (χ4v) is 3.75. The van der Waals surface area contributed by atoms with Crippen LogP contribution < -0.4 is 0 Å². The van der Waals surface area contributed by atoms with Gasteiger partial charge in [0.1, 0.15) is 5.82 Å². The molecule has 4 nitrogen and oxygen atoms in total. The van der Waals surface area contributed by atoms with Gasteiger partial charge in [0.2, 0.25) is 0 Å². The van der Waals surface area contributed by atoms with Crippen molar-refractivity contribution in [2.24, 2.45) is 0 Å².